The molecule has 2 rings (SSSR count). The van der Waals surface area contributed by atoms with Gasteiger partial charge in [-0.15, -0.1) is 0 Å². The summed E-state index contributed by atoms with van der Waals surface area (Å²) in [7, 11) is 1.59. The minimum absolute atomic E-state index is 0.548. The molecular formula is C13H18ClNO2. The van der Waals surface area contributed by atoms with Crippen molar-refractivity contribution in [2.75, 3.05) is 20.2 Å². The average Bonchev–Trinajstić information content (AvgIpc) is 2.32. The Balaban J connectivity index is 2.41. The number of nitrogens with one attached hydrogen (secondary N) is 1. The number of ether oxygens (including phenoxy) is 1. The highest BCUT2D eigenvalue weighted by atomic mass is 35.5. The van der Waals surface area contributed by atoms with Gasteiger partial charge in [-0.25, -0.2) is 0 Å². The van der Waals surface area contributed by atoms with Crippen LogP contribution in [-0.4, -0.2) is 25.3 Å². The molecule has 0 bridgehead atoms. The molecular weight excluding hydrogens is 238 g/mol. The van der Waals surface area contributed by atoms with Crippen LogP contribution in [0.5, 0.6) is 5.75 Å². The molecule has 1 aromatic carbocycles. The Morgan fingerprint density at radius 2 is 2.24 bits per heavy atom. The zero-order chi connectivity index (χ0) is 12.5. The quantitative estimate of drug-likeness (QED) is 0.852. The summed E-state index contributed by atoms with van der Waals surface area (Å²) in [5, 5.41) is 14.4. The standard InChI is InChI=1S/C13H18ClNO2/c1-9-6-12(17-2)11(14)7-10(9)13(16)4-3-5-15-8-13/h6-7,15-16H,3-5,8H2,1-2H3. The lowest BCUT2D eigenvalue weighted by Gasteiger charge is -2.34. The number of hydrogen-bond donors (Lipinski definition) is 2. The van der Waals surface area contributed by atoms with Crippen molar-refractivity contribution in [3.05, 3.63) is 28.3 Å². The Hall–Kier alpha value is -0.770. The van der Waals surface area contributed by atoms with Crippen molar-refractivity contribution < 1.29 is 9.84 Å². The first kappa shape index (κ1) is 12.7. The van der Waals surface area contributed by atoms with Crippen molar-refractivity contribution in [1.82, 2.24) is 5.32 Å². The molecule has 1 aliphatic rings. The van der Waals surface area contributed by atoms with E-state index in [0.29, 0.717) is 17.3 Å². The molecule has 0 amide bonds. The van der Waals surface area contributed by atoms with E-state index in [9.17, 15) is 5.11 Å². The molecule has 1 unspecified atom stereocenters. The number of β-amino-alcohol motifs (C(OH)–C–C–N with tert-alkyl or cyclic N) is 1. The van der Waals surface area contributed by atoms with E-state index in [2.05, 4.69) is 5.32 Å². The monoisotopic (exact) mass is 255 g/mol. The van der Waals surface area contributed by atoms with Crippen LogP contribution in [0.4, 0.5) is 0 Å². The van der Waals surface area contributed by atoms with Gasteiger partial charge in [-0.1, -0.05) is 11.6 Å². The lowest BCUT2D eigenvalue weighted by molar-refractivity contribution is 0.0117. The third-order valence-corrected chi connectivity index (χ3v) is 3.66. The predicted molar refractivity (Wildman–Crippen MR) is 68.7 cm³/mol. The van der Waals surface area contributed by atoms with Gasteiger partial charge in [-0.05, 0) is 49.6 Å². The highest BCUT2D eigenvalue weighted by Crippen LogP contribution is 2.36. The number of benzene rings is 1. The van der Waals surface area contributed by atoms with Gasteiger partial charge in [0, 0.05) is 6.54 Å². The Bertz CT molecular complexity index is 414. The SMILES string of the molecule is COc1cc(C)c(C2(O)CCCNC2)cc1Cl. The second-order valence-corrected chi connectivity index (χ2v) is 5.02. The number of halogens is 1. The molecule has 0 saturated carbocycles. The topological polar surface area (TPSA) is 41.5 Å². The van der Waals surface area contributed by atoms with Gasteiger partial charge in [0.1, 0.15) is 11.4 Å². The molecule has 1 fully saturated rings. The number of hydrogen-bond acceptors (Lipinski definition) is 3. The first-order valence-corrected chi connectivity index (χ1v) is 6.22. The zero-order valence-corrected chi connectivity index (χ0v) is 11.0. The van der Waals surface area contributed by atoms with Gasteiger partial charge in [0.05, 0.1) is 12.1 Å². The van der Waals surface area contributed by atoms with E-state index in [1.165, 1.54) is 0 Å². The van der Waals surface area contributed by atoms with Gasteiger partial charge < -0.3 is 15.2 Å². The summed E-state index contributed by atoms with van der Waals surface area (Å²) < 4.78 is 5.17. The van der Waals surface area contributed by atoms with Gasteiger partial charge in [0.2, 0.25) is 0 Å². The van der Waals surface area contributed by atoms with E-state index in [0.717, 1.165) is 30.5 Å². The second-order valence-electron chi connectivity index (χ2n) is 4.61. The summed E-state index contributed by atoms with van der Waals surface area (Å²) in [6.45, 7) is 3.52. The fraction of sp³-hybridized carbons (Fsp3) is 0.538. The van der Waals surface area contributed by atoms with Gasteiger partial charge in [0.15, 0.2) is 0 Å². The van der Waals surface area contributed by atoms with Crippen molar-refractivity contribution in [3.63, 3.8) is 0 Å². The van der Waals surface area contributed by atoms with E-state index in [-0.39, 0.29) is 0 Å². The van der Waals surface area contributed by atoms with E-state index in [1.54, 1.807) is 7.11 Å². The van der Waals surface area contributed by atoms with Gasteiger partial charge in [-0.3, -0.25) is 0 Å². The average molecular weight is 256 g/mol. The Morgan fingerprint density at radius 1 is 1.47 bits per heavy atom. The van der Waals surface area contributed by atoms with Crippen LogP contribution in [0.15, 0.2) is 12.1 Å². The normalized spacial score (nSPS) is 24.7. The maximum Gasteiger partial charge on any atom is 0.137 e. The molecule has 17 heavy (non-hydrogen) atoms. The lowest BCUT2D eigenvalue weighted by atomic mass is 9.84. The van der Waals surface area contributed by atoms with Crippen LogP contribution in [-0.2, 0) is 5.60 Å². The molecule has 1 atom stereocenters. The molecule has 4 heteroatoms. The van der Waals surface area contributed by atoms with Crippen molar-refractivity contribution in [2.45, 2.75) is 25.4 Å². The Kier molecular flexibility index (Phi) is 3.61. The molecule has 0 aromatic heterocycles. The van der Waals surface area contributed by atoms with Crippen LogP contribution >= 0.6 is 11.6 Å². The zero-order valence-electron chi connectivity index (χ0n) is 10.2. The van der Waals surface area contributed by atoms with Crippen LogP contribution in [0.25, 0.3) is 0 Å². The molecule has 3 nitrogen and oxygen atoms in total. The molecule has 1 aromatic rings. The van der Waals surface area contributed by atoms with Crippen molar-refractivity contribution in [2.24, 2.45) is 0 Å². The largest absolute Gasteiger partial charge is 0.495 e. The van der Waals surface area contributed by atoms with E-state index in [1.807, 2.05) is 19.1 Å². The summed E-state index contributed by atoms with van der Waals surface area (Å²) >= 11 is 6.13. The van der Waals surface area contributed by atoms with Crippen molar-refractivity contribution >= 4 is 11.6 Å². The van der Waals surface area contributed by atoms with Gasteiger partial charge >= 0.3 is 0 Å². The summed E-state index contributed by atoms with van der Waals surface area (Å²) in [6, 6.07) is 3.70. The molecule has 2 N–H and O–H groups in total. The fourth-order valence-electron chi connectivity index (χ4n) is 2.43. The number of piperidine rings is 1. The highest BCUT2D eigenvalue weighted by molar-refractivity contribution is 6.32. The molecule has 0 spiro atoms. The maximum absolute atomic E-state index is 10.6. The van der Waals surface area contributed by atoms with Crippen LogP contribution in [0.1, 0.15) is 24.0 Å². The Morgan fingerprint density at radius 3 is 2.82 bits per heavy atom. The van der Waals surface area contributed by atoms with E-state index < -0.39 is 5.60 Å². The molecule has 0 radical (unpaired) electrons. The minimum atomic E-state index is -0.807. The minimum Gasteiger partial charge on any atom is -0.495 e. The number of aryl methyl sites for hydroxylation is 1. The highest BCUT2D eigenvalue weighted by Gasteiger charge is 2.33. The molecule has 1 aliphatic heterocycles. The fourth-order valence-corrected chi connectivity index (χ4v) is 2.67. The molecule has 1 heterocycles. The van der Waals surface area contributed by atoms with Crippen LogP contribution in [0, 0.1) is 6.92 Å². The summed E-state index contributed by atoms with van der Waals surface area (Å²) in [5.74, 6) is 0.653. The number of methoxy groups -OCH3 is 1. The van der Waals surface area contributed by atoms with E-state index >= 15 is 0 Å². The third-order valence-electron chi connectivity index (χ3n) is 3.36. The third kappa shape index (κ3) is 2.41. The van der Waals surface area contributed by atoms with Crippen molar-refractivity contribution in [1.29, 1.82) is 0 Å². The first-order chi connectivity index (χ1) is 8.07. The number of aliphatic hydroxyl groups is 1. The molecule has 1 saturated heterocycles. The van der Waals surface area contributed by atoms with Crippen LogP contribution < -0.4 is 10.1 Å². The molecule has 0 aliphatic carbocycles. The summed E-state index contributed by atoms with van der Waals surface area (Å²) in [6.07, 6.45) is 1.74. The van der Waals surface area contributed by atoms with Crippen molar-refractivity contribution in [3.8, 4) is 5.75 Å². The molecule has 94 valence electrons. The van der Waals surface area contributed by atoms with Crippen LogP contribution in [0.2, 0.25) is 5.02 Å². The van der Waals surface area contributed by atoms with Gasteiger partial charge in [0.25, 0.3) is 0 Å². The maximum atomic E-state index is 10.6. The smallest absolute Gasteiger partial charge is 0.137 e. The van der Waals surface area contributed by atoms with Gasteiger partial charge in [-0.2, -0.15) is 0 Å². The van der Waals surface area contributed by atoms with Crippen LogP contribution in [0.3, 0.4) is 0 Å². The summed E-state index contributed by atoms with van der Waals surface area (Å²) in [5.41, 5.74) is 1.10. The predicted octanol–water partition coefficient (Wildman–Crippen LogP) is 2.23. The lowest BCUT2D eigenvalue weighted by Crippen LogP contribution is -2.43. The first-order valence-electron chi connectivity index (χ1n) is 5.84. The van der Waals surface area contributed by atoms with E-state index in [4.69, 9.17) is 16.3 Å². The Labute approximate surface area is 107 Å². The second kappa shape index (κ2) is 4.84. The summed E-state index contributed by atoms with van der Waals surface area (Å²) in [4.78, 5) is 0. The number of rotatable bonds is 2.